The monoisotopic (exact) mass is 281 g/mol. The molecule has 4 nitrogen and oxygen atoms in total. The summed E-state index contributed by atoms with van der Waals surface area (Å²) in [5.41, 5.74) is 1.76. The summed E-state index contributed by atoms with van der Waals surface area (Å²) in [6.45, 7) is 0. The molecule has 0 aliphatic carbocycles. The largest absolute Gasteiger partial charge is 0.497 e. The summed E-state index contributed by atoms with van der Waals surface area (Å²) < 4.78 is 10.3. The maximum atomic E-state index is 11.8. The van der Waals surface area contributed by atoms with Crippen LogP contribution in [0.3, 0.4) is 0 Å². The van der Waals surface area contributed by atoms with Gasteiger partial charge in [-0.25, -0.2) is 0 Å². The van der Waals surface area contributed by atoms with E-state index >= 15 is 0 Å². The van der Waals surface area contributed by atoms with Crippen molar-refractivity contribution in [1.29, 1.82) is 5.26 Å². The molecule has 0 amide bonds. The van der Waals surface area contributed by atoms with Crippen LogP contribution < -0.4 is 9.47 Å². The first-order valence-electron chi connectivity index (χ1n) is 6.51. The minimum Gasteiger partial charge on any atom is -0.497 e. The molecule has 0 unspecified atom stereocenters. The van der Waals surface area contributed by atoms with Gasteiger partial charge in [0.2, 0.25) is 0 Å². The number of benzene rings is 2. The average Bonchev–Trinajstić information content (AvgIpc) is 2.50. The minimum atomic E-state index is -0.326. The fourth-order valence-electron chi connectivity index (χ4n) is 1.84. The van der Waals surface area contributed by atoms with E-state index < -0.39 is 0 Å². The van der Waals surface area contributed by atoms with E-state index in [2.05, 4.69) is 6.07 Å². The fourth-order valence-corrected chi connectivity index (χ4v) is 1.84. The van der Waals surface area contributed by atoms with Gasteiger partial charge in [0.25, 0.3) is 0 Å². The van der Waals surface area contributed by atoms with Crippen LogP contribution in [0.5, 0.6) is 11.5 Å². The summed E-state index contributed by atoms with van der Waals surface area (Å²) in [4.78, 5) is 11.8. The van der Waals surface area contributed by atoms with E-state index in [0.29, 0.717) is 12.2 Å². The Bertz CT molecular complexity index is 639. The highest BCUT2D eigenvalue weighted by Crippen LogP contribution is 2.15. The topological polar surface area (TPSA) is 59.3 Å². The summed E-state index contributed by atoms with van der Waals surface area (Å²) in [6, 6.07) is 16.3. The van der Waals surface area contributed by atoms with Crippen LogP contribution in [0.2, 0.25) is 0 Å². The molecule has 4 heteroatoms. The molecule has 0 bridgehead atoms. The van der Waals surface area contributed by atoms with Crippen molar-refractivity contribution in [2.75, 3.05) is 7.11 Å². The lowest BCUT2D eigenvalue weighted by atomic mass is 10.1. The zero-order chi connectivity index (χ0) is 15.1. The van der Waals surface area contributed by atoms with E-state index in [1.165, 1.54) is 0 Å². The molecule has 0 radical (unpaired) electrons. The first-order chi connectivity index (χ1) is 10.2. The van der Waals surface area contributed by atoms with Crippen LogP contribution in [0.1, 0.15) is 11.1 Å². The first kappa shape index (κ1) is 14.6. The number of rotatable bonds is 5. The number of nitriles is 1. The van der Waals surface area contributed by atoms with Crippen LogP contribution in [0.15, 0.2) is 48.5 Å². The Morgan fingerprint density at radius 3 is 2.14 bits per heavy atom. The number of carbonyl (C=O) groups excluding carboxylic acids is 1. The zero-order valence-corrected chi connectivity index (χ0v) is 11.7. The van der Waals surface area contributed by atoms with Gasteiger partial charge in [0.05, 0.1) is 26.0 Å². The summed E-state index contributed by atoms with van der Waals surface area (Å²) in [7, 11) is 1.60. The number of methoxy groups -OCH3 is 1. The summed E-state index contributed by atoms with van der Waals surface area (Å²) in [5, 5.41) is 8.59. The lowest BCUT2D eigenvalue weighted by Gasteiger charge is -2.06. The Kier molecular flexibility index (Phi) is 4.94. The molecule has 2 aromatic rings. The highest BCUT2D eigenvalue weighted by Gasteiger charge is 2.07. The van der Waals surface area contributed by atoms with E-state index in [4.69, 9.17) is 14.7 Å². The van der Waals surface area contributed by atoms with Crippen molar-refractivity contribution in [3.8, 4) is 17.6 Å². The number of esters is 1. The minimum absolute atomic E-state index is 0.198. The third kappa shape index (κ3) is 4.36. The number of nitrogens with zero attached hydrogens (tertiary/aromatic N) is 1. The van der Waals surface area contributed by atoms with Gasteiger partial charge in [0.1, 0.15) is 11.5 Å². The van der Waals surface area contributed by atoms with Gasteiger partial charge in [0, 0.05) is 0 Å². The van der Waals surface area contributed by atoms with Crippen molar-refractivity contribution >= 4 is 5.97 Å². The van der Waals surface area contributed by atoms with Crippen molar-refractivity contribution < 1.29 is 14.3 Å². The van der Waals surface area contributed by atoms with Gasteiger partial charge in [0.15, 0.2) is 0 Å². The van der Waals surface area contributed by atoms with Gasteiger partial charge in [-0.2, -0.15) is 5.26 Å². The van der Waals surface area contributed by atoms with Crippen molar-refractivity contribution in [1.82, 2.24) is 0 Å². The van der Waals surface area contributed by atoms with E-state index in [0.717, 1.165) is 16.9 Å². The normalized spacial score (nSPS) is 9.71. The van der Waals surface area contributed by atoms with Gasteiger partial charge in [-0.15, -0.1) is 0 Å². The van der Waals surface area contributed by atoms with Crippen LogP contribution in [-0.2, 0) is 17.6 Å². The predicted octanol–water partition coefficient (Wildman–Crippen LogP) is 2.91. The van der Waals surface area contributed by atoms with Gasteiger partial charge < -0.3 is 9.47 Å². The molecule has 0 aliphatic heterocycles. The Labute approximate surface area is 123 Å². The average molecular weight is 281 g/mol. The highest BCUT2D eigenvalue weighted by molar-refractivity contribution is 5.75. The lowest BCUT2D eigenvalue weighted by molar-refractivity contribution is -0.133. The molecule has 2 rings (SSSR count). The lowest BCUT2D eigenvalue weighted by Crippen LogP contribution is -2.11. The van der Waals surface area contributed by atoms with Crippen LogP contribution in [0, 0.1) is 11.3 Å². The summed E-state index contributed by atoms with van der Waals surface area (Å²) in [5.74, 6) is 0.906. The molecular formula is C17H15NO3. The molecular weight excluding hydrogens is 266 g/mol. The van der Waals surface area contributed by atoms with Crippen molar-refractivity contribution in [3.05, 3.63) is 59.7 Å². The molecule has 0 saturated heterocycles. The second-order valence-corrected chi connectivity index (χ2v) is 4.48. The molecule has 2 aromatic carbocycles. The summed E-state index contributed by atoms with van der Waals surface area (Å²) >= 11 is 0. The van der Waals surface area contributed by atoms with Crippen LogP contribution in [0.25, 0.3) is 0 Å². The molecule has 0 aliphatic rings. The molecule has 0 aromatic heterocycles. The second kappa shape index (κ2) is 7.11. The molecule has 0 heterocycles. The van der Waals surface area contributed by atoms with Gasteiger partial charge in [-0.1, -0.05) is 24.3 Å². The van der Waals surface area contributed by atoms with Crippen LogP contribution in [0.4, 0.5) is 0 Å². The van der Waals surface area contributed by atoms with Crippen LogP contribution >= 0.6 is 0 Å². The molecule has 0 N–H and O–H groups in total. The SMILES string of the molecule is COc1ccc(CC(=O)Oc2ccc(CC#N)cc2)cc1. The number of hydrogen-bond acceptors (Lipinski definition) is 4. The van der Waals surface area contributed by atoms with Gasteiger partial charge in [-0.3, -0.25) is 4.79 Å². The fraction of sp³-hybridized carbons (Fsp3) is 0.176. The quantitative estimate of drug-likeness (QED) is 0.624. The summed E-state index contributed by atoms with van der Waals surface area (Å²) in [6.07, 6.45) is 0.546. The molecule has 0 spiro atoms. The van der Waals surface area contributed by atoms with E-state index in [9.17, 15) is 4.79 Å². The standard InChI is InChI=1S/C17H15NO3/c1-20-15-6-4-14(5-7-15)12-17(19)21-16-8-2-13(3-9-16)10-11-18/h2-9H,10,12H2,1H3. The Balaban J connectivity index is 1.93. The number of ether oxygens (including phenoxy) is 2. The maximum Gasteiger partial charge on any atom is 0.315 e. The maximum absolute atomic E-state index is 11.8. The molecule has 106 valence electrons. The van der Waals surface area contributed by atoms with Gasteiger partial charge >= 0.3 is 5.97 Å². The van der Waals surface area contributed by atoms with Crippen molar-refractivity contribution in [2.24, 2.45) is 0 Å². The van der Waals surface area contributed by atoms with Crippen molar-refractivity contribution in [2.45, 2.75) is 12.8 Å². The number of hydrogen-bond donors (Lipinski definition) is 0. The molecule has 0 fully saturated rings. The third-order valence-corrected chi connectivity index (χ3v) is 2.95. The first-order valence-corrected chi connectivity index (χ1v) is 6.51. The third-order valence-electron chi connectivity index (χ3n) is 2.95. The number of carbonyl (C=O) groups is 1. The molecule has 0 atom stereocenters. The predicted molar refractivity (Wildman–Crippen MR) is 78.1 cm³/mol. The zero-order valence-electron chi connectivity index (χ0n) is 11.7. The Morgan fingerprint density at radius 2 is 1.57 bits per heavy atom. The van der Waals surface area contributed by atoms with Crippen LogP contribution in [-0.4, -0.2) is 13.1 Å². The van der Waals surface area contributed by atoms with E-state index in [-0.39, 0.29) is 12.4 Å². The van der Waals surface area contributed by atoms with E-state index in [1.54, 1.807) is 43.5 Å². The molecule has 21 heavy (non-hydrogen) atoms. The smallest absolute Gasteiger partial charge is 0.315 e. The Hall–Kier alpha value is -2.80. The Morgan fingerprint density at radius 1 is 1.00 bits per heavy atom. The molecule has 0 saturated carbocycles. The van der Waals surface area contributed by atoms with Crippen molar-refractivity contribution in [3.63, 3.8) is 0 Å². The van der Waals surface area contributed by atoms with E-state index in [1.807, 2.05) is 12.1 Å². The second-order valence-electron chi connectivity index (χ2n) is 4.48. The highest BCUT2D eigenvalue weighted by atomic mass is 16.5. The van der Waals surface area contributed by atoms with Gasteiger partial charge in [-0.05, 0) is 35.4 Å².